The van der Waals surface area contributed by atoms with Gasteiger partial charge in [-0.05, 0) is 26.7 Å². The summed E-state index contributed by atoms with van der Waals surface area (Å²) < 4.78 is 28.5. The molecule has 0 aliphatic heterocycles. The highest BCUT2D eigenvalue weighted by Gasteiger charge is 2.22. The number of hydrogen-bond acceptors (Lipinski definition) is 4. The third-order valence-electron chi connectivity index (χ3n) is 1.90. The smallest absolute Gasteiger partial charge is 0.357 e. The number of halogens is 1. The second-order valence-corrected chi connectivity index (χ2v) is 6.19. The Labute approximate surface area is 115 Å². The highest BCUT2D eigenvalue weighted by Crippen LogP contribution is 2.51. The molecule has 0 rings (SSSR count). The fourth-order valence-electron chi connectivity index (χ4n) is 1.15. The first-order valence-electron chi connectivity index (χ1n) is 6.28. The first-order chi connectivity index (χ1) is 8.47. The van der Waals surface area contributed by atoms with Gasteiger partial charge in [0.25, 0.3) is 0 Å². The van der Waals surface area contributed by atoms with Crippen molar-refractivity contribution in [3.63, 3.8) is 0 Å². The Morgan fingerprint density at radius 1 is 1.28 bits per heavy atom. The molecule has 0 bridgehead atoms. The van der Waals surface area contributed by atoms with E-state index in [1.807, 2.05) is 20.8 Å². The van der Waals surface area contributed by atoms with Crippen molar-refractivity contribution in [3.05, 3.63) is 11.6 Å². The summed E-state index contributed by atoms with van der Waals surface area (Å²) in [6, 6.07) is 0. The number of alkyl halides is 1. The molecular weight excluding hydrogens is 275 g/mol. The summed E-state index contributed by atoms with van der Waals surface area (Å²) in [6.07, 6.45) is 1.44. The molecule has 0 aromatic rings. The van der Waals surface area contributed by atoms with Gasteiger partial charge in [0, 0.05) is 0 Å². The normalized spacial score (nSPS) is 14.6. The molecule has 0 spiro atoms. The Kier molecular flexibility index (Phi) is 9.84. The lowest BCUT2D eigenvalue weighted by Crippen LogP contribution is -2.08. The average molecular weight is 299 g/mol. The molecular formula is C12H24ClO4P. The molecule has 4 nitrogen and oxygen atoms in total. The summed E-state index contributed by atoms with van der Waals surface area (Å²) in [5.41, 5.74) is 0. The summed E-state index contributed by atoms with van der Waals surface area (Å²) in [7, 11) is -3.21. The molecule has 108 valence electrons. The van der Waals surface area contributed by atoms with Crippen molar-refractivity contribution in [3.8, 4) is 0 Å². The average Bonchev–Trinajstić information content (AvgIpc) is 2.33. The predicted octanol–water partition coefficient (Wildman–Crippen LogP) is 4.54. The van der Waals surface area contributed by atoms with E-state index in [-0.39, 0.29) is 6.10 Å². The van der Waals surface area contributed by atoms with Gasteiger partial charge in [-0.15, -0.1) is 11.6 Å². The summed E-state index contributed by atoms with van der Waals surface area (Å²) in [6.45, 7) is 8.26. The second kappa shape index (κ2) is 9.85. The van der Waals surface area contributed by atoms with Crippen LogP contribution in [0.15, 0.2) is 11.6 Å². The molecule has 1 unspecified atom stereocenters. The SMILES string of the molecule is CCCOP(=O)(C=C(C)OC(C)CCl)OCCC. The minimum absolute atomic E-state index is 0.131. The van der Waals surface area contributed by atoms with Gasteiger partial charge in [0.15, 0.2) is 0 Å². The zero-order chi connectivity index (χ0) is 14.0. The molecule has 1 atom stereocenters. The zero-order valence-corrected chi connectivity index (χ0v) is 13.3. The standard InChI is InChI=1S/C12H24ClO4P/c1-5-7-15-18(14,16-8-6-2)10-12(4)17-11(3)9-13/h10-11H,5-9H2,1-4H3. The maximum atomic E-state index is 12.4. The van der Waals surface area contributed by atoms with Gasteiger partial charge in [-0.2, -0.15) is 0 Å². The third-order valence-corrected chi connectivity index (χ3v) is 4.09. The van der Waals surface area contributed by atoms with Crippen LogP contribution in [0.3, 0.4) is 0 Å². The molecule has 0 aromatic heterocycles. The van der Waals surface area contributed by atoms with Crippen LogP contribution in [0, 0.1) is 0 Å². The Morgan fingerprint density at radius 2 is 1.78 bits per heavy atom. The van der Waals surface area contributed by atoms with E-state index in [1.54, 1.807) is 6.92 Å². The fourth-order valence-corrected chi connectivity index (χ4v) is 2.82. The first-order valence-corrected chi connectivity index (χ1v) is 8.43. The van der Waals surface area contributed by atoms with Crippen molar-refractivity contribution in [2.75, 3.05) is 19.1 Å². The highest BCUT2D eigenvalue weighted by atomic mass is 35.5. The largest absolute Gasteiger partial charge is 0.494 e. The third kappa shape index (κ3) is 8.15. The quantitative estimate of drug-likeness (QED) is 0.337. The highest BCUT2D eigenvalue weighted by molar-refractivity contribution is 7.57. The molecule has 0 aromatic carbocycles. The van der Waals surface area contributed by atoms with E-state index in [1.165, 1.54) is 5.82 Å². The van der Waals surface area contributed by atoms with E-state index in [0.29, 0.717) is 24.9 Å². The van der Waals surface area contributed by atoms with Gasteiger partial charge in [0.2, 0.25) is 0 Å². The maximum Gasteiger partial charge on any atom is 0.357 e. The first kappa shape index (κ1) is 18.0. The molecule has 0 fully saturated rings. The monoisotopic (exact) mass is 298 g/mol. The van der Waals surface area contributed by atoms with Gasteiger partial charge >= 0.3 is 7.60 Å². The molecule has 0 radical (unpaired) electrons. The molecule has 18 heavy (non-hydrogen) atoms. The lowest BCUT2D eigenvalue weighted by molar-refractivity contribution is 0.150. The van der Waals surface area contributed by atoms with Crippen LogP contribution in [0.1, 0.15) is 40.5 Å². The van der Waals surface area contributed by atoms with Gasteiger partial charge < -0.3 is 13.8 Å². The van der Waals surface area contributed by atoms with Crippen LogP contribution >= 0.6 is 19.2 Å². The van der Waals surface area contributed by atoms with E-state index in [4.69, 9.17) is 25.4 Å². The van der Waals surface area contributed by atoms with Crippen LogP contribution in [0.25, 0.3) is 0 Å². The van der Waals surface area contributed by atoms with Crippen molar-refractivity contribution >= 4 is 19.2 Å². The molecule has 6 heteroatoms. The summed E-state index contributed by atoms with van der Waals surface area (Å²) in [5.74, 6) is 2.32. The number of allylic oxidation sites excluding steroid dienone is 1. The van der Waals surface area contributed by atoms with E-state index in [9.17, 15) is 4.57 Å². The molecule has 0 aliphatic rings. The molecule has 0 amide bonds. The topological polar surface area (TPSA) is 44.8 Å². The van der Waals surface area contributed by atoms with Crippen molar-refractivity contribution in [1.29, 1.82) is 0 Å². The van der Waals surface area contributed by atoms with Gasteiger partial charge in [-0.3, -0.25) is 4.57 Å². The van der Waals surface area contributed by atoms with Gasteiger partial charge in [0.05, 0.1) is 24.9 Å². The van der Waals surface area contributed by atoms with Crippen LogP contribution in [-0.2, 0) is 18.3 Å². The summed E-state index contributed by atoms with van der Waals surface area (Å²) in [4.78, 5) is 0. The number of rotatable bonds is 10. The minimum Gasteiger partial charge on any atom is -0.494 e. The van der Waals surface area contributed by atoms with E-state index >= 15 is 0 Å². The molecule has 0 saturated heterocycles. The van der Waals surface area contributed by atoms with Crippen LogP contribution in [-0.4, -0.2) is 25.2 Å². The van der Waals surface area contributed by atoms with Crippen LogP contribution in [0.2, 0.25) is 0 Å². The van der Waals surface area contributed by atoms with Crippen LogP contribution < -0.4 is 0 Å². The van der Waals surface area contributed by atoms with Gasteiger partial charge in [-0.1, -0.05) is 13.8 Å². The van der Waals surface area contributed by atoms with Crippen molar-refractivity contribution in [1.82, 2.24) is 0 Å². The Morgan fingerprint density at radius 3 is 2.17 bits per heavy atom. The molecule has 0 aliphatic carbocycles. The molecule has 0 N–H and O–H groups in total. The van der Waals surface area contributed by atoms with E-state index in [2.05, 4.69) is 0 Å². The zero-order valence-electron chi connectivity index (χ0n) is 11.6. The van der Waals surface area contributed by atoms with E-state index < -0.39 is 7.60 Å². The summed E-state index contributed by atoms with van der Waals surface area (Å²) >= 11 is 5.65. The van der Waals surface area contributed by atoms with Crippen molar-refractivity contribution in [2.45, 2.75) is 46.6 Å². The maximum absolute atomic E-state index is 12.4. The lowest BCUT2D eigenvalue weighted by Gasteiger charge is -2.17. The van der Waals surface area contributed by atoms with Crippen LogP contribution in [0.4, 0.5) is 0 Å². The Bertz CT molecular complexity index is 282. The predicted molar refractivity (Wildman–Crippen MR) is 75.1 cm³/mol. The molecule has 0 saturated carbocycles. The minimum atomic E-state index is -3.21. The van der Waals surface area contributed by atoms with Crippen molar-refractivity contribution in [2.24, 2.45) is 0 Å². The van der Waals surface area contributed by atoms with Crippen molar-refractivity contribution < 1.29 is 18.3 Å². The number of hydrogen-bond donors (Lipinski definition) is 0. The van der Waals surface area contributed by atoms with Gasteiger partial charge in [0.1, 0.15) is 11.9 Å². The lowest BCUT2D eigenvalue weighted by atomic mass is 10.5. The van der Waals surface area contributed by atoms with E-state index in [0.717, 1.165) is 12.8 Å². The molecule has 0 heterocycles. The van der Waals surface area contributed by atoms with Gasteiger partial charge in [-0.25, -0.2) is 0 Å². The Balaban J connectivity index is 4.63. The second-order valence-electron chi connectivity index (χ2n) is 4.03. The summed E-state index contributed by atoms with van der Waals surface area (Å²) in [5, 5.41) is 0. The Hall–Kier alpha value is -0.0200. The fraction of sp³-hybridized carbons (Fsp3) is 0.833. The number of ether oxygens (including phenoxy) is 1. The van der Waals surface area contributed by atoms with Crippen LogP contribution in [0.5, 0.6) is 0 Å².